The van der Waals surface area contributed by atoms with Crippen LogP contribution in [0.4, 0.5) is 5.69 Å². The van der Waals surface area contributed by atoms with Gasteiger partial charge in [0, 0.05) is 30.6 Å². The lowest BCUT2D eigenvalue weighted by Gasteiger charge is -2.42. The molecule has 3 aliphatic heterocycles. The van der Waals surface area contributed by atoms with Crippen LogP contribution in [0.15, 0.2) is 6.07 Å². The number of rotatable bonds is 2. The van der Waals surface area contributed by atoms with Crippen molar-refractivity contribution in [2.75, 3.05) is 25.4 Å². The first kappa shape index (κ1) is 18.6. The Bertz CT molecular complexity index is 668. The standard InChI is InChI=1S/C18H24ClN3O2.ClH/c19-15-10-14(17-13(16(15)20)5-8-24-17)18(23)21-11-4-7-22-6-2-1-3-12(22)9-11;/h10-12H,1-9,20H2,(H,21,23);1H. The molecular weight excluding hydrogens is 361 g/mol. The number of nitrogen functional groups attached to an aromatic ring is 1. The fourth-order valence-corrected chi connectivity index (χ4v) is 4.54. The van der Waals surface area contributed by atoms with E-state index in [4.69, 9.17) is 22.1 Å². The largest absolute Gasteiger partial charge is 0.492 e. The van der Waals surface area contributed by atoms with E-state index in [0.29, 0.717) is 41.1 Å². The van der Waals surface area contributed by atoms with Crippen LogP contribution >= 0.6 is 24.0 Å². The van der Waals surface area contributed by atoms with Crippen molar-refractivity contribution in [3.8, 4) is 5.75 Å². The van der Waals surface area contributed by atoms with Crippen molar-refractivity contribution >= 4 is 35.6 Å². The number of benzene rings is 1. The molecule has 138 valence electrons. The number of fused-ring (bicyclic) bond motifs is 2. The van der Waals surface area contributed by atoms with Gasteiger partial charge in [0.1, 0.15) is 5.75 Å². The highest BCUT2D eigenvalue weighted by Crippen LogP contribution is 2.38. The SMILES string of the molecule is Cl.Nc1c(Cl)cc(C(=O)NC2CCN3CCCCC3C2)c2c1CCO2. The average molecular weight is 386 g/mol. The summed E-state index contributed by atoms with van der Waals surface area (Å²) in [5.41, 5.74) is 7.94. The molecule has 0 radical (unpaired) electrons. The van der Waals surface area contributed by atoms with E-state index in [0.717, 1.165) is 24.9 Å². The average Bonchev–Trinajstić information content (AvgIpc) is 3.08. The molecule has 7 heteroatoms. The minimum Gasteiger partial charge on any atom is -0.492 e. The van der Waals surface area contributed by atoms with Crippen LogP contribution in [0.25, 0.3) is 0 Å². The van der Waals surface area contributed by atoms with Crippen molar-refractivity contribution in [3.63, 3.8) is 0 Å². The molecule has 25 heavy (non-hydrogen) atoms. The zero-order chi connectivity index (χ0) is 16.7. The summed E-state index contributed by atoms with van der Waals surface area (Å²) in [7, 11) is 0. The molecular formula is C18H25Cl2N3O2. The Kier molecular flexibility index (Phi) is 5.66. The fraction of sp³-hybridized carbons (Fsp3) is 0.611. The molecule has 1 aromatic carbocycles. The van der Waals surface area contributed by atoms with Crippen molar-refractivity contribution in [1.82, 2.24) is 10.2 Å². The normalized spacial score (nSPS) is 25.3. The van der Waals surface area contributed by atoms with Gasteiger partial charge < -0.3 is 20.7 Å². The highest BCUT2D eigenvalue weighted by molar-refractivity contribution is 6.33. The van der Waals surface area contributed by atoms with Crippen molar-refractivity contribution in [1.29, 1.82) is 0 Å². The second-order valence-electron chi connectivity index (χ2n) is 7.11. The Morgan fingerprint density at radius 3 is 3.00 bits per heavy atom. The number of piperidine rings is 2. The van der Waals surface area contributed by atoms with Crippen LogP contribution in [-0.2, 0) is 6.42 Å². The van der Waals surface area contributed by atoms with Crippen LogP contribution in [0.5, 0.6) is 5.75 Å². The Labute approximate surface area is 159 Å². The number of hydrogen-bond acceptors (Lipinski definition) is 4. The number of carbonyl (C=O) groups excluding carboxylic acids is 1. The minimum atomic E-state index is -0.0932. The molecule has 2 fully saturated rings. The number of anilines is 1. The molecule has 2 unspecified atom stereocenters. The predicted octanol–water partition coefficient (Wildman–Crippen LogP) is 3.03. The second kappa shape index (κ2) is 7.60. The third kappa shape index (κ3) is 3.55. The predicted molar refractivity (Wildman–Crippen MR) is 102 cm³/mol. The monoisotopic (exact) mass is 385 g/mol. The summed E-state index contributed by atoms with van der Waals surface area (Å²) in [4.78, 5) is 15.4. The summed E-state index contributed by atoms with van der Waals surface area (Å²) in [5.74, 6) is 0.522. The van der Waals surface area contributed by atoms with Gasteiger partial charge in [0.2, 0.25) is 0 Å². The van der Waals surface area contributed by atoms with Gasteiger partial charge in [0.25, 0.3) is 5.91 Å². The first-order chi connectivity index (χ1) is 11.6. The maximum absolute atomic E-state index is 12.8. The van der Waals surface area contributed by atoms with Crippen LogP contribution in [0.3, 0.4) is 0 Å². The van der Waals surface area contributed by atoms with E-state index in [-0.39, 0.29) is 24.4 Å². The first-order valence-electron chi connectivity index (χ1n) is 8.92. The zero-order valence-corrected chi connectivity index (χ0v) is 15.8. The summed E-state index contributed by atoms with van der Waals surface area (Å²) in [6.45, 7) is 2.84. The molecule has 0 saturated carbocycles. The summed E-state index contributed by atoms with van der Waals surface area (Å²) in [6, 6.07) is 2.49. The number of carbonyl (C=O) groups is 1. The molecule has 2 atom stereocenters. The molecule has 3 aliphatic rings. The van der Waals surface area contributed by atoms with E-state index in [1.165, 1.54) is 25.8 Å². The second-order valence-corrected chi connectivity index (χ2v) is 7.51. The molecule has 1 aromatic rings. The highest BCUT2D eigenvalue weighted by Gasteiger charge is 2.32. The van der Waals surface area contributed by atoms with Gasteiger partial charge in [0.05, 0.1) is 22.9 Å². The van der Waals surface area contributed by atoms with Gasteiger partial charge in [-0.1, -0.05) is 18.0 Å². The van der Waals surface area contributed by atoms with Crippen LogP contribution in [0.2, 0.25) is 5.02 Å². The third-order valence-corrected chi connectivity index (χ3v) is 5.93. The molecule has 0 aliphatic carbocycles. The Balaban J connectivity index is 0.00000182. The van der Waals surface area contributed by atoms with Crippen LogP contribution in [0.1, 0.15) is 48.0 Å². The van der Waals surface area contributed by atoms with Crippen molar-refractivity contribution in [2.45, 2.75) is 50.6 Å². The van der Waals surface area contributed by atoms with Gasteiger partial charge >= 0.3 is 0 Å². The molecule has 2 saturated heterocycles. The number of nitrogens with zero attached hydrogens (tertiary/aromatic N) is 1. The number of hydrogen-bond donors (Lipinski definition) is 2. The number of nitrogens with two attached hydrogens (primary N) is 1. The van der Waals surface area contributed by atoms with Gasteiger partial charge in [-0.15, -0.1) is 12.4 Å². The topological polar surface area (TPSA) is 67.6 Å². The van der Waals surface area contributed by atoms with Crippen LogP contribution in [-0.4, -0.2) is 42.6 Å². The zero-order valence-electron chi connectivity index (χ0n) is 14.2. The Morgan fingerprint density at radius 1 is 1.32 bits per heavy atom. The number of halogens is 2. The molecule has 3 heterocycles. The lowest BCUT2D eigenvalue weighted by Crippen LogP contribution is -2.51. The summed E-state index contributed by atoms with van der Waals surface area (Å²) >= 11 is 6.21. The highest BCUT2D eigenvalue weighted by atomic mass is 35.5. The van der Waals surface area contributed by atoms with Gasteiger partial charge in [0.15, 0.2) is 0 Å². The lowest BCUT2D eigenvalue weighted by molar-refractivity contribution is 0.0764. The van der Waals surface area contributed by atoms with Crippen LogP contribution in [0, 0.1) is 0 Å². The van der Waals surface area contributed by atoms with Gasteiger partial charge in [-0.25, -0.2) is 0 Å². The maximum atomic E-state index is 12.8. The van der Waals surface area contributed by atoms with Crippen LogP contribution < -0.4 is 15.8 Å². The summed E-state index contributed by atoms with van der Waals surface area (Å²) in [6.07, 6.45) is 6.62. The molecule has 5 nitrogen and oxygen atoms in total. The van der Waals surface area contributed by atoms with Gasteiger partial charge in [-0.3, -0.25) is 4.79 Å². The number of ether oxygens (including phenoxy) is 1. The molecule has 1 amide bonds. The number of nitrogens with one attached hydrogen (secondary N) is 1. The molecule has 0 spiro atoms. The van der Waals surface area contributed by atoms with Crippen molar-refractivity contribution < 1.29 is 9.53 Å². The minimum absolute atomic E-state index is 0. The third-order valence-electron chi connectivity index (χ3n) is 5.62. The molecule has 4 rings (SSSR count). The molecule has 0 bridgehead atoms. The van der Waals surface area contributed by atoms with Crippen molar-refractivity contribution in [2.24, 2.45) is 0 Å². The Hall–Kier alpha value is -1.17. The number of amides is 1. The smallest absolute Gasteiger partial charge is 0.255 e. The molecule has 3 N–H and O–H groups in total. The maximum Gasteiger partial charge on any atom is 0.255 e. The van der Waals surface area contributed by atoms with Crippen molar-refractivity contribution in [3.05, 3.63) is 22.2 Å². The quantitative estimate of drug-likeness (QED) is 0.767. The summed E-state index contributed by atoms with van der Waals surface area (Å²) < 4.78 is 5.65. The lowest BCUT2D eigenvalue weighted by atomic mass is 9.90. The van der Waals surface area contributed by atoms with E-state index >= 15 is 0 Å². The van der Waals surface area contributed by atoms with Gasteiger partial charge in [-0.05, 0) is 38.3 Å². The summed E-state index contributed by atoms with van der Waals surface area (Å²) in [5, 5.41) is 3.64. The Morgan fingerprint density at radius 2 is 2.16 bits per heavy atom. The van der Waals surface area contributed by atoms with E-state index in [9.17, 15) is 4.79 Å². The van der Waals surface area contributed by atoms with Gasteiger partial charge in [-0.2, -0.15) is 0 Å². The van der Waals surface area contributed by atoms with E-state index < -0.39 is 0 Å². The van der Waals surface area contributed by atoms with E-state index in [1.807, 2.05) is 0 Å². The fourth-order valence-electron chi connectivity index (χ4n) is 4.32. The van der Waals surface area contributed by atoms with E-state index in [2.05, 4.69) is 10.2 Å². The van der Waals surface area contributed by atoms with E-state index in [1.54, 1.807) is 6.07 Å². The first-order valence-corrected chi connectivity index (χ1v) is 9.30. The molecule has 0 aromatic heterocycles.